The Morgan fingerprint density at radius 1 is 0.625 bits per heavy atom. The Hall–Kier alpha value is -2.85. The third-order valence-electron chi connectivity index (χ3n) is 8.36. The molecule has 4 N–H and O–H groups in total. The summed E-state index contributed by atoms with van der Waals surface area (Å²) in [6.45, 7) is 3.40. The van der Waals surface area contributed by atoms with Crippen LogP contribution in [-0.4, -0.2) is 60.5 Å². The lowest BCUT2D eigenvalue weighted by Crippen LogP contribution is -2.29. The molecule has 56 heavy (non-hydrogen) atoms. The second-order valence-electron chi connectivity index (χ2n) is 13.7. The van der Waals surface area contributed by atoms with Crippen molar-refractivity contribution in [1.29, 1.82) is 0 Å². The van der Waals surface area contributed by atoms with Gasteiger partial charge in [0.05, 0.1) is 19.3 Å². The first kappa shape index (κ1) is 53.1. The van der Waals surface area contributed by atoms with Crippen LogP contribution >= 0.6 is 7.82 Å². The van der Waals surface area contributed by atoms with E-state index in [1.807, 2.05) is 12.2 Å². The van der Waals surface area contributed by atoms with Crippen LogP contribution in [0.4, 0.5) is 0 Å². The van der Waals surface area contributed by atoms with Gasteiger partial charge in [0.25, 0.3) is 0 Å². The van der Waals surface area contributed by atoms with Crippen LogP contribution in [0, 0.1) is 0 Å². The number of phosphoric ester groups is 1. The van der Waals surface area contributed by atoms with Gasteiger partial charge >= 0.3 is 19.8 Å². The van der Waals surface area contributed by atoms with Crippen molar-refractivity contribution in [3.05, 3.63) is 85.1 Å². The number of unbranched alkanes of at least 4 members (excludes halogenated alkanes) is 10. The normalized spacial score (nSPS) is 14.7. The van der Waals surface area contributed by atoms with Gasteiger partial charge in [-0.15, -0.1) is 0 Å². The van der Waals surface area contributed by atoms with Crippen molar-refractivity contribution < 1.29 is 42.7 Å². The van der Waals surface area contributed by atoms with Crippen LogP contribution in [-0.2, 0) is 32.7 Å². The van der Waals surface area contributed by atoms with E-state index in [0.29, 0.717) is 19.3 Å². The summed E-state index contributed by atoms with van der Waals surface area (Å²) in [5, 5.41) is 10.2. The smallest absolute Gasteiger partial charge is 0.462 e. The summed E-state index contributed by atoms with van der Waals surface area (Å²) in [5.41, 5.74) is 5.33. The summed E-state index contributed by atoms with van der Waals surface area (Å²) in [5.74, 6) is -1.07. The largest absolute Gasteiger partial charge is 0.472 e. The standard InChI is InChI=1S/C45H76NO9P/c1-3-5-7-9-11-13-15-17-18-19-20-22-24-26-28-30-32-36-45(49)55-43(41-54-56(50,51)53-39-38-46)40-52-44(48)37-33-35-42(47)34-31-29-27-25-23-21-16-14-12-10-8-6-4-2/h11-14,17-18,20-23,27,29,31,34,42-43,47H,3-10,15-16,19,24-26,28,30,32-33,35-41,46H2,1-2H3,(H,50,51)/b13-11-,14-12-,18-17-,22-20-,23-21-,29-27-,34-31+/t42-,43-/m1/s1. The van der Waals surface area contributed by atoms with Crippen LogP contribution < -0.4 is 5.73 Å². The Kier molecular flexibility index (Phi) is 38.3. The molecule has 0 radical (unpaired) electrons. The minimum absolute atomic E-state index is 0.0191. The van der Waals surface area contributed by atoms with E-state index in [-0.39, 0.29) is 32.6 Å². The Labute approximate surface area is 339 Å². The average Bonchev–Trinajstić information content (AvgIpc) is 3.18. The lowest BCUT2D eigenvalue weighted by atomic mass is 10.1. The lowest BCUT2D eigenvalue weighted by molar-refractivity contribution is -0.161. The molecule has 1 unspecified atom stereocenters. The van der Waals surface area contributed by atoms with E-state index in [2.05, 4.69) is 74.6 Å². The van der Waals surface area contributed by atoms with Crippen molar-refractivity contribution >= 4 is 19.8 Å². The molecular formula is C45H76NO9P. The molecule has 0 saturated carbocycles. The maximum atomic E-state index is 12.6. The van der Waals surface area contributed by atoms with Gasteiger partial charge in [-0.2, -0.15) is 0 Å². The summed E-state index contributed by atoms with van der Waals surface area (Å²) < 4.78 is 32.6. The second kappa shape index (κ2) is 40.4. The maximum absolute atomic E-state index is 12.6. The Morgan fingerprint density at radius 3 is 1.71 bits per heavy atom. The minimum atomic E-state index is -4.43. The molecule has 0 aromatic heterocycles. The molecule has 0 saturated heterocycles. The number of aliphatic hydroxyl groups is 1. The van der Waals surface area contributed by atoms with Crippen molar-refractivity contribution in [3.63, 3.8) is 0 Å². The zero-order valence-corrected chi connectivity index (χ0v) is 35.6. The summed E-state index contributed by atoms with van der Waals surface area (Å²) in [4.78, 5) is 34.9. The molecule has 0 heterocycles. The highest BCUT2D eigenvalue weighted by molar-refractivity contribution is 7.47. The van der Waals surface area contributed by atoms with Gasteiger partial charge in [0, 0.05) is 19.4 Å². The first-order valence-corrected chi connectivity index (χ1v) is 22.7. The van der Waals surface area contributed by atoms with Crippen LogP contribution in [0.25, 0.3) is 0 Å². The van der Waals surface area contributed by atoms with Crippen LogP contribution in [0.2, 0.25) is 0 Å². The van der Waals surface area contributed by atoms with Crippen LogP contribution in [0.5, 0.6) is 0 Å². The third kappa shape index (κ3) is 39.4. The third-order valence-corrected chi connectivity index (χ3v) is 9.34. The number of carbonyl (C=O) groups excluding carboxylic acids is 2. The van der Waals surface area contributed by atoms with E-state index >= 15 is 0 Å². The quantitative estimate of drug-likeness (QED) is 0.0180. The molecule has 320 valence electrons. The number of hydrogen-bond donors (Lipinski definition) is 3. The molecule has 0 rings (SSSR count). The zero-order valence-electron chi connectivity index (χ0n) is 34.7. The molecule has 10 nitrogen and oxygen atoms in total. The highest BCUT2D eigenvalue weighted by atomic mass is 31.2. The molecule has 0 aliphatic carbocycles. The molecule has 0 bridgehead atoms. The van der Waals surface area contributed by atoms with Crippen molar-refractivity contribution in [2.45, 2.75) is 161 Å². The molecule has 11 heteroatoms. The molecule has 0 aromatic carbocycles. The van der Waals surface area contributed by atoms with Gasteiger partial charge in [0.2, 0.25) is 0 Å². The first-order valence-electron chi connectivity index (χ1n) is 21.2. The second-order valence-corrected chi connectivity index (χ2v) is 15.2. The Balaban J connectivity index is 4.43. The molecular weight excluding hydrogens is 729 g/mol. The van der Waals surface area contributed by atoms with Crippen LogP contribution in [0.15, 0.2) is 85.1 Å². The number of phosphoric acid groups is 1. The lowest BCUT2D eigenvalue weighted by Gasteiger charge is -2.20. The summed E-state index contributed by atoms with van der Waals surface area (Å²) in [6, 6.07) is 0. The van der Waals surface area contributed by atoms with E-state index in [0.717, 1.165) is 57.8 Å². The molecule has 0 spiro atoms. The summed E-state index contributed by atoms with van der Waals surface area (Å²) >= 11 is 0. The van der Waals surface area contributed by atoms with Crippen molar-refractivity contribution in [2.75, 3.05) is 26.4 Å². The highest BCUT2D eigenvalue weighted by Gasteiger charge is 2.26. The first-order chi connectivity index (χ1) is 27.2. The molecule has 0 aliphatic heterocycles. The number of carbonyl (C=O) groups is 2. The number of allylic oxidation sites excluding steroid dienone is 13. The number of nitrogens with two attached hydrogens (primary N) is 1. The summed E-state index contributed by atoms with van der Waals surface area (Å²) in [6.07, 6.45) is 46.4. The van der Waals surface area contributed by atoms with E-state index in [9.17, 15) is 24.2 Å². The minimum Gasteiger partial charge on any atom is -0.462 e. The van der Waals surface area contributed by atoms with Gasteiger partial charge < -0.3 is 25.2 Å². The van der Waals surface area contributed by atoms with Gasteiger partial charge in [-0.3, -0.25) is 18.6 Å². The van der Waals surface area contributed by atoms with Gasteiger partial charge in [-0.1, -0.05) is 137 Å². The zero-order chi connectivity index (χ0) is 41.2. The van der Waals surface area contributed by atoms with Gasteiger partial charge in [0.15, 0.2) is 6.10 Å². The topological polar surface area (TPSA) is 155 Å². The Morgan fingerprint density at radius 2 is 1.14 bits per heavy atom. The van der Waals surface area contributed by atoms with Crippen LogP contribution in [0.3, 0.4) is 0 Å². The van der Waals surface area contributed by atoms with E-state index in [1.165, 1.54) is 44.9 Å². The van der Waals surface area contributed by atoms with Gasteiger partial charge in [-0.05, 0) is 83.5 Å². The fourth-order valence-corrected chi connectivity index (χ4v) is 5.92. The molecule has 0 aromatic rings. The molecule has 3 atom stereocenters. The Bertz CT molecular complexity index is 1210. The fraction of sp³-hybridized carbons (Fsp3) is 0.644. The van der Waals surface area contributed by atoms with Crippen molar-refractivity contribution in [2.24, 2.45) is 5.73 Å². The van der Waals surface area contributed by atoms with Crippen molar-refractivity contribution in [3.8, 4) is 0 Å². The number of ether oxygens (including phenoxy) is 2. The number of hydrogen-bond acceptors (Lipinski definition) is 9. The molecule has 0 amide bonds. The van der Waals surface area contributed by atoms with Crippen molar-refractivity contribution in [1.82, 2.24) is 0 Å². The average molecular weight is 806 g/mol. The number of aliphatic hydroxyl groups excluding tert-OH is 1. The van der Waals surface area contributed by atoms with Crippen LogP contribution in [0.1, 0.15) is 149 Å². The van der Waals surface area contributed by atoms with E-state index < -0.39 is 38.6 Å². The maximum Gasteiger partial charge on any atom is 0.472 e. The van der Waals surface area contributed by atoms with Gasteiger partial charge in [0.1, 0.15) is 6.61 Å². The fourth-order valence-electron chi connectivity index (χ4n) is 5.15. The molecule has 0 aliphatic rings. The monoisotopic (exact) mass is 806 g/mol. The van der Waals surface area contributed by atoms with E-state index in [4.69, 9.17) is 24.3 Å². The predicted molar refractivity (Wildman–Crippen MR) is 230 cm³/mol. The highest BCUT2D eigenvalue weighted by Crippen LogP contribution is 2.43. The SMILES string of the molecule is CCCCC/C=C\C/C=C\C/C=C\C=C\[C@@H](O)CCCC(=O)OC[C@H](COP(=O)(O)OCCN)OC(=O)CCCCCC/C=C\C/C=C\C/C=C\CCCCC. The van der Waals surface area contributed by atoms with E-state index in [1.54, 1.807) is 12.2 Å². The predicted octanol–water partition coefficient (Wildman–Crippen LogP) is 11.0. The summed E-state index contributed by atoms with van der Waals surface area (Å²) in [7, 11) is -4.43. The number of rotatable bonds is 38. The van der Waals surface area contributed by atoms with Gasteiger partial charge in [-0.25, -0.2) is 4.57 Å². The molecule has 0 fully saturated rings. The number of esters is 2.